The second-order valence-corrected chi connectivity index (χ2v) is 3.62. The van der Waals surface area contributed by atoms with E-state index in [1.54, 1.807) is 13.3 Å². The Morgan fingerprint density at radius 3 is 2.59 bits per heavy atom. The van der Waals surface area contributed by atoms with Crippen molar-refractivity contribution in [3.05, 3.63) is 41.7 Å². The fraction of sp³-hybridized carbons (Fsp3) is 0.231. The molecule has 0 aliphatic rings. The molecule has 2 heterocycles. The van der Waals surface area contributed by atoms with Gasteiger partial charge in [-0.2, -0.15) is 12.1 Å². The minimum absolute atomic E-state index is 0. The number of hydrogen-bond acceptors (Lipinski definition) is 3. The average Bonchev–Trinajstić information content (AvgIpc) is 2.30. The van der Waals surface area contributed by atoms with Crippen LogP contribution in [-0.2, 0) is 32.7 Å². The normalized spacial score (nSPS) is 9.59. The molecule has 0 spiro atoms. The number of aromatic nitrogens is 2. The smallest absolute Gasteiger partial charge is 0.210 e. The van der Waals surface area contributed by atoms with Gasteiger partial charge in [0.05, 0.1) is 7.11 Å². The van der Waals surface area contributed by atoms with Crippen molar-refractivity contribution >= 4 is 0 Å². The first-order valence-corrected chi connectivity index (χ1v) is 5.07. The van der Waals surface area contributed by atoms with Crippen LogP contribution >= 0.6 is 0 Å². The van der Waals surface area contributed by atoms with Crippen LogP contribution in [0.3, 0.4) is 0 Å². The molecule has 0 amide bonds. The molecule has 0 aliphatic heterocycles. The molecular formula is C13H13N2OY-. The Kier molecular flexibility index (Phi) is 5.22. The van der Waals surface area contributed by atoms with Gasteiger partial charge in [-0.3, -0.25) is 0 Å². The monoisotopic (exact) mass is 302 g/mol. The van der Waals surface area contributed by atoms with Crippen molar-refractivity contribution in [3.63, 3.8) is 0 Å². The standard InChI is InChI=1S/C13H13N2O.Y/c1-9-4-7-12(14-8-9)11-6-5-10(2)15-13(11)16-3;/h5-8H,1-3H3;/q-1;. The Morgan fingerprint density at radius 2 is 2.00 bits per heavy atom. The maximum Gasteiger partial charge on any atom is 0.210 e. The van der Waals surface area contributed by atoms with Gasteiger partial charge in [-0.25, -0.2) is 4.98 Å². The van der Waals surface area contributed by atoms with Crippen molar-refractivity contribution in [2.45, 2.75) is 13.8 Å². The molecule has 4 heteroatoms. The first kappa shape index (κ1) is 14.3. The van der Waals surface area contributed by atoms with Crippen LogP contribution in [0.15, 0.2) is 24.4 Å². The molecule has 0 atom stereocenters. The van der Waals surface area contributed by atoms with Gasteiger partial charge in [0.15, 0.2) is 0 Å². The van der Waals surface area contributed by atoms with Gasteiger partial charge < -0.3 is 9.72 Å². The Hall–Kier alpha value is -0.796. The molecule has 0 saturated heterocycles. The SMILES string of the molecule is COc1nc(C)ccc1-c1c[c-]c(C)cn1.[Y]. The molecule has 0 N–H and O–H groups in total. The van der Waals surface area contributed by atoms with Crippen LogP contribution in [-0.4, -0.2) is 17.1 Å². The van der Waals surface area contributed by atoms with E-state index in [1.165, 1.54) is 0 Å². The maximum atomic E-state index is 5.25. The number of aryl methyl sites for hydroxylation is 2. The van der Waals surface area contributed by atoms with Gasteiger partial charge in [-0.1, -0.05) is 19.2 Å². The summed E-state index contributed by atoms with van der Waals surface area (Å²) in [5.74, 6) is 0.602. The van der Waals surface area contributed by atoms with Crippen molar-refractivity contribution in [2.75, 3.05) is 7.11 Å². The van der Waals surface area contributed by atoms with E-state index < -0.39 is 0 Å². The minimum Gasteiger partial charge on any atom is -0.481 e. The Bertz CT molecular complexity index is 497. The van der Waals surface area contributed by atoms with Crippen molar-refractivity contribution in [2.24, 2.45) is 0 Å². The van der Waals surface area contributed by atoms with E-state index in [0.717, 1.165) is 22.5 Å². The third kappa shape index (κ3) is 3.33. The minimum atomic E-state index is 0. The van der Waals surface area contributed by atoms with Gasteiger partial charge in [-0.15, -0.1) is 5.56 Å². The Morgan fingerprint density at radius 1 is 1.24 bits per heavy atom. The molecule has 17 heavy (non-hydrogen) atoms. The van der Waals surface area contributed by atoms with Crippen LogP contribution < -0.4 is 4.74 Å². The number of pyridine rings is 2. The molecule has 1 radical (unpaired) electrons. The van der Waals surface area contributed by atoms with Gasteiger partial charge in [0, 0.05) is 44.0 Å². The number of hydrogen-bond donors (Lipinski definition) is 0. The van der Waals surface area contributed by atoms with E-state index in [9.17, 15) is 0 Å². The van der Waals surface area contributed by atoms with Crippen LogP contribution in [0.4, 0.5) is 0 Å². The van der Waals surface area contributed by atoms with Gasteiger partial charge in [-0.05, 0) is 18.7 Å². The fourth-order valence-corrected chi connectivity index (χ4v) is 1.45. The maximum absolute atomic E-state index is 5.25. The largest absolute Gasteiger partial charge is 0.481 e. The molecule has 85 valence electrons. The predicted molar refractivity (Wildman–Crippen MR) is 62.3 cm³/mol. The van der Waals surface area contributed by atoms with Crippen LogP contribution in [0, 0.1) is 19.9 Å². The van der Waals surface area contributed by atoms with E-state index in [2.05, 4.69) is 16.0 Å². The third-order valence-electron chi connectivity index (χ3n) is 2.30. The molecule has 0 saturated carbocycles. The second-order valence-electron chi connectivity index (χ2n) is 3.62. The molecule has 0 aliphatic carbocycles. The summed E-state index contributed by atoms with van der Waals surface area (Å²) in [4.78, 5) is 8.65. The third-order valence-corrected chi connectivity index (χ3v) is 2.30. The number of nitrogens with zero attached hydrogens (tertiary/aromatic N) is 2. The zero-order chi connectivity index (χ0) is 11.5. The molecule has 2 aromatic heterocycles. The van der Waals surface area contributed by atoms with Gasteiger partial charge >= 0.3 is 0 Å². The van der Waals surface area contributed by atoms with E-state index >= 15 is 0 Å². The molecule has 0 aromatic carbocycles. The molecule has 0 fully saturated rings. The summed E-state index contributed by atoms with van der Waals surface area (Å²) >= 11 is 0. The second kappa shape index (κ2) is 6.22. The number of ether oxygens (including phenoxy) is 1. The summed E-state index contributed by atoms with van der Waals surface area (Å²) < 4.78 is 5.25. The van der Waals surface area contributed by atoms with Crippen LogP contribution in [0.1, 0.15) is 11.3 Å². The summed E-state index contributed by atoms with van der Waals surface area (Å²) in [5.41, 5.74) is 3.67. The van der Waals surface area contributed by atoms with Crippen LogP contribution in [0.5, 0.6) is 5.88 Å². The summed E-state index contributed by atoms with van der Waals surface area (Å²) in [6.45, 7) is 3.89. The number of methoxy groups -OCH3 is 1. The first-order chi connectivity index (χ1) is 7.70. The van der Waals surface area contributed by atoms with E-state index in [4.69, 9.17) is 4.74 Å². The van der Waals surface area contributed by atoms with E-state index in [1.807, 2.05) is 32.0 Å². The van der Waals surface area contributed by atoms with Crippen molar-refractivity contribution in [1.29, 1.82) is 0 Å². The molecule has 0 bridgehead atoms. The van der Waals surface area contributed by atoms with Crippen molar-refractivity contribution in [1.82, 2.24) is 9.97 Å². The van der Waals surface area contributed by atoms with Gasteiger partial charge in [0.2, 0.25) is 5.88 Å². The molecule has 0 unspecified atom stereocenters. The summed E-state index contributed by atoms with van der Waals surface area (Å²) in [6, 6.07) is 8.88. The van der Waals surface area contributed by atoms with Crippen LogP contribution in [0.2, 0.25) is 0 Å². The topological polar surface area (TPSA) is 35.0 Å². The molecule has 2 aromatic rings. The average molecular weight is 302 g/mol. The molecule has 2 rings (SSSR count). The molecular weight excluding hydrogens is 289 g/mol. The van der Waals surface area contributed by atoms with Crippen LogP contribution in [0.25, 0.3) is 11.3 Å². The van der Waals surface area contributed by atoms with E-state index in [-0.39, 0.29) is 32.7 Å². The molecule has 3 nitrogen and oxygen atoms in total. The summed E-state index contributed by atoms with van der Waals surface area (Å²) in [5, 5.41) is 0. The zero-order valence-electron chi connectivity index (χ0n) is 10.2. The summed E-state index contributed by atoms with van der Waals surface area (Å²) in [7, 11) is 1.61. The summed E-state index contributed by atoms with van der Waals surface area (Å²) in [6.07, 6.45) is 1.79. The zero-order valence-corrected chi connectivity index (χ0v) is 13.0. The predicted octanol–water partition coefficient (Wildman–Crippen LogP) is 2.57. The van der Waals surface area contributed by atoms with Gasteiger partial charge in [0.1, 0.15) is 0 Å². The fourth-order valence-electron chi connectivity index (χ4n) is 1.45. The van der Waals surface area contributed by atoms with Crippen molar-refractivity contribution < 1.29 is 37.4 Å². The van der Waals surface area contributed by atoms with Gasteiger partial charge in [0.25, 0.3) is 0 Å². The first-order valence-electron chi connectivity index (χ1n) is 5.07. The number of rotatable bonds is 2. The van der Waals surface area contributed by atoms with E-state index in [0.29, 0.717) is 5.88 Å². The Labute approximate surface area is 127 Å². The quantitative estimate of drug-likeness (QED) is 0.800. The van der Waals surface area contributed by atoms with Crippen molar-refractivity contribution in [3.8, 4) is 17.1 Å². The Balaban J connectivity index is 0.00000144.